The van der Waals surface area contributed by atoms with E-state index in [2.05, 4.69) is 15.6 Å². The summed E-state index contributed by atoms with van der Waals surface area (Å²) in [6.45, 7) is 2.87. The van der Waals surface area contributed by atoms with Gasteiger partial charge < -0.3 is 15.1 Å². The molecule has 3 aromatic rings. The Morgan fingerprint density at radius 3 is 2.53 bits per heavy atom. The number of halogens is 2. The quantitative estimate of drug-likeness (QED) is 0.597. The maximum atomic E-state index is 13.5. The molecule has 1 fully saturated rings. The summed E-state index contributed by atoms with van der Waals surface area (Å²) < 4.78 is 15.0. The SMILES string of the molecule is Cc1cccc(-n2cc(C(=O)NCC(=O)N3CCN(C(=O)c4cc(F)ccc4Cl)CC3)nn2)c1. The number of hydrogen-bond donors (Lipinski definition) is 1. The third-order valence-electron chi connectivity index (χ3n) is 5.47. The monoisotopic (exact) mass is 484 g/mol. The van der Waals surface area contributed by atoms with Gasteiger partial charge in [-0.05, 0) is 42.8 Å². The van der Waals surface area contributed by atoms with Crippen molar-refractivity contribution in [2.45, 2.75) is 6.92 Å². The van der Waals surface area contributed by atoms with Crippen LogP contribution in [0.2, 0.25) is 5.02 Å². The van der Waals surface area contributed by atoms with Crippen LogP contribution in [-0.4, -0.2) is 75.2 Å². The molecule has 0 aliphatic carbocycles. The van der Waals surface area contributed by atoms with E-state index in [4.69, 9.17) is 11.6 Å². The molecule has 1 N–H and O–H groups in total. The van der Waals surface area contributed by atoms with Gasteiger partial charge in [0.1, 0.15) is 5.82 Å². The third-order valence-corrected chi connectivity index (χ3v) is 5.80. The summed E-state index contributed by atoms with van der Waals surface area (Å²) in [4.78, 5) is 40.7. The van der Waals surface area contributed by atoms with Gasteiger partial charge in [0.25, 0.3) is 11.8 Å². The number of nitrogens with zero attached hydrogens (tertiary/aromatic N) is 5. The lowest BCUT2D eigenvalue weighted by atomic mass is 10.1. The van der Waals surface area contributed by atoms with Crippen molar-refractivity contribution in [2.75, 3.05) is 32.7 Å². The topological polar surface area (TPSA) is 100 Å². The number of hydrogen-bond acceptors (Lipinski definition) is 5. The van der Waals surface area contributed by atoms with E-state index in [1.165, 1.54) is 27.9 Å². The van der Waals surface area contributed by atoms with Crippen LogP contribution in [0.15, 0.2) is 48.7 Å². The van der Waals surface area contributed by atoms with E-state index in [-0.39, 0.29) is 60.8 Å². The predicted molar refractivity (Wildman–Crippen MR) is 122 cm³/mol. The van der Waals surface area contributed by atoms with Gasteiger partial charge in [-0.15, -0.1) is 5.10 Å². The molecule has 4 rings (SSSR count). The number of benzene rings is 2. The maximum Gasteiger partial charge on any atom is 0.273 e. The second-order valence-corrected chi connectivity index (χ2v) is 8.27. The van der Waals surface area contributed by atoms with Crippen molar-refractivity contribution in [2.24, 2.45) is 0 Å². The highest BCUT2D eigenvalue weighted by Gasteiger charge is 2.26. The summed E-state index contributed by atoms with van der Waals surface area (Å²) in [6.07, 6.45) is 1.50. The molecule has 0 saturated carbocycles. The number of aryl methyl sites for hydroxylation is 1. The molecule has 1 aliphatic heterocycles. The van der Waals surface area contributed by atoms with Crippen molar-refractivity contribution in [3.63, 3.8) is 0 Å². The van der Waals surface area contributed by atoms with E-state index in [9.17, 15) is 18.8 Å². The molecule has 3 amide bonds. The molecule has 0 radical (unpaired) electrons. The molecule has 2 heterocycles. The number of piperazine rings is 1. The Morgan fingerprint density at radius 2 is 1.79 bits per heavy atom. The fourth-order valence-electron chi connectivity index (χ4n) is 3.61. The van der Waals surface area contributed by atoms with Gasteiger partial charge >= 0.3 is 0 Å². The van der Waals surface area contributed by atoms with Gasteiger partial charge in [0, 0.05) is 26.2 Å². The molecule has 176 valence electrons. The minimum Gasteiger partial charge on any atom is -0.342 e. The first-order valence-electron chi connectivity index (χ1n) is 10.6. The van der Waals surface area contributed by atoms with Crippen LogP contribution < -0.4 is 5.32 Å². The average molecular weight is 485 g/mol. The summed E-state index contributed by atoms with van der Waals surface area (Å²) in [5.74, 6) is -1.73. The van der Waals surface area contributed by atoms with Crippen molar-refractivity contribution < 1.29 is 18.8 Å². The molecule has 34 heavy (non-hydrogen) atoms. The molecule has 1 aliphatic rings. The summed E-state index contributed by atoms with van der Waals surface area (Å²) >= 11 is 6.02. The Bertz CT molecular complexity index is 1240. The van der Waals surface area contributed by atoms with E-state index in [0.717, 1.165) is 17.3 Å². The second-order valence-electron chi connectivity index (χ2n) is 7.87. The molecule has 0 bridgehead atoms. The summed E-state index contributed by atoms with van der Waals surface area (Å²) in [6, 6.07) is 11.2. The molecular weight excluding hydrogens is 463 g/mol. The average Bonchev–Trinajstić information content (AvgIpc) is 3.34. The highest BCUT2D eigenvalue weighted by molar-refractivity contribution is 6.33. The number of rotatable bonds is 5. The van der Waals surface area contributed by atoms with Gasteiger partial charge in [0.05, 0.1) is 29.0 Å². The van der Waals surface area contributed by atoms with E-state index >= 15 is 0 Å². The van der Waals surface area contributed by atoms with E-state index in [1.807, 2.05) is 31.2 Å². The fourth-order valence-corrected chi connectivity index (χ4v) is 3.81. The van der Waals surface area contributed by atoms with Crippen molar-refractivity contribution in [1.82, 2.24) is 30.1 Å². The van der Waals surface area contributed by atoms with Gasteiger partial charge in [0.15, 0.2) is 5.69 Å². The van der Waals surface area contributed by atoms with E-state index in [1.54, 1.807) is 4.90 Å². The lowest BCUT2D eigenvalue weighted by molar-refractivity contribution is -0.131. The fraction of sp³-hybridized carbons (Fsp3) is 0.261. The zero-order chi connectivity index (χ0) is 24.2. The predicted octanol–water partition coefficient (Wildman–Crippen LogP) is 2.08. The van der Waals surface area contributed by atoms with Crippen LogP contribution in [0.4, 0.5) is 4.39 Å². The number of carbonyl (C=O) groups is 3. The van der Waals surface area contributed by atoms with E-state index < -0.39 is 11.7 Å². The molecule has 2 aromatic carbocycles. The Balaban J connectivity index is 1.28. The number of nitrogens with one attached hydrogen (secondary N) is 1. The molecule has 1 saturated heterocycles. The number of carbonyl (C=O) groups excluding carboxylic acids is 3. The minimum absolute atomic E-state index is 0.0902. The molecule has 0 unspecified atom stereocenters. The molecule has 9 nitrogen and oxygen atoms in total. The van der Waals surface area contributed by atoms with Crippen molar-refractivity contribution in [3.8, 4) is 5.69 Å². The Kier molecular flexibility index (Phi) is 6.87. The molecule has 0 spiro atoms. The van der Waals surface area contributed by atoms with Crippen LogP contribution >= 0.6 is 11.6 Å². The lowest BCUT2D eigenvalue weighted by Gasteiger charge is -2.35. The lowest BCUT2D eigenvalue weighted by Crippen LogP contribution is -2.52. The largest absolute Gasteiger partial charge is 0.342 e. The first kappa shape index (κ1) is 23.4. The van der Waals surface area contributed by atoms with Crippen LogP contribution in [-0.2, 0) is 4.79 Å². The van der Waals surface area contributed by atoms with Crippen LogP contribution in [0.1, 0.15) is 26.4 Å². The molecule has 11 heteroatoms. The molecule has 0 atom stereocenters. The standard InChI is InChI=1S/C23H22ClFN6O3/c1-15-3-2-4-17(11-15)31-14-20(27-28-31)22(33)26-13-21(32)29-7-9-30(10-8-29)23(34)18-12-16(25)5-6-19(18)24/h2-6,11-12,14H,7-10,13H2,1H3,(H,26,33). The highest BCUT2D eigenvalue weighted by Crippen LogP contribution is 2.20. The smallest absolute Gasteiger partial charge is 0.273 e. The number of aromatic nitrogens is 3. The van der Waals surface area contributed by atoms with Crippen molar-refractivity contribution in [1.29, 1.82) is 0 Å². The molecular formula is C23H22ClFN6O3. The Hall–Kier alpha value is -3.79. The maximum absolute atomic E-state index is 13.5. The van der Waals surface area contributed by atoms with Crippen LogP contribution in [0.25, 0.3) is 5.69 Å². The number of amides is 3. The van der Waals surface area contributed by atoms with Crippen molar-refractivity contribution >= 4 is 29.3 Å². The zero-order valence-corrected chi connectivity index (χ0v) is 19.1. The normalized spacial score (nSPS) is 13.6. The zero-order valence-electron chi connectivity index (χ0n) is 18.4. The van der Waals surface area contributed by atoms with Crippen LogP contribution in [0.5, 0.6) is 0 Å². The third kappa shape index (κ3) is 5.23. The summed E-state index contributed by atoms with van der Waals surface area (Å²) in [5.41, 5.74) is 2.00. The highest BCUT2D eigenvalue weighted by atomic mass is 35.5. The first-order valence-corrected chi connectivity index (χ1v) is 11.0. The van der Waals surface area contributed by atoms with Gasteiger partial charge in [-0.3, -0.25) is 14.4 Å². The van der Waals surface area contributed by atoms with Crippen molar-refractivity contribution in [3.05, 3.63) is 76.3 Å². The van der Waals surface area contributed by atoms with Gasteiger partial charge in [-0.2, -0.15) is 0 Å². The van der Waals surface area contributed by atoms with Gasteiger partial charge in [-0.25, -0.2) is 9.07 Å². The van der Waals surface area contributed by atoms with Gasteiger partial charge in [-0.1, -0.05) is 28.9 Å². The Labute approximate surface area is 200 Å². The minimum atomic E-state index is -0.545. The second kappa shape index (κ2) is 10.0. The molecule has 1 aromatic heterocycles. The van der Waals surface area contributed by atoms with E-state index in [0.29, 0.717) is 0 Å². The summed E-state index contributed by atoms with van der Waals surface area (Å²) in [5, 5.41) is 10.6. The summed E-state index contributed by atoms with van der Waals surface area (Å²) in [7, 11) is 0. The first-order chi connectivity index (χ1) is 16.3. The van der Waals surface area contributed by atoms with Crippen LogP contribution in [0, 0.1) is 12.7 Å². The van der Waals surface area contributed by atoms with Gasteiger partial charge in [0.2, 0.25) is 5.91 Å². The Morgan fingerprint density at radius 1 is 1.06 bits per heavy atom. The van der Waals surface area contributed by atoms with Crippen LogP contribution in [0.3, 0.4) is 0 Å².